The summed E-state index contributed by atoms with van der Waals surface area (Å²) in [5.74, 6) is -0.916. The Morgan fingerprint density at radius 2 is 1.34 bits per heavy atom. The average molecular weight is 726 g/mol. The monoisotopic (exact) mass is 725 g/mol. The molecule has 1 aliphatic heterocycles. The van der Waals surface area contributed by atoms with E-state index < -0.39 is 32.5 Å². The van der Waals surface area contributed by atoms with E-state index in [0.717, 1.165) is 57.8 Å². The Labute approximate surface area is 302 Å². The van der Waals surface area contributed by atoms with Crippen LogP contribution in [0.25, 0.3) is 0 Å². The number of hydrogen-bond acceptors (Lipinski definition) is 9. The number of carbonyl (C=O) groups excluding carboxylic acids is 2. The zero-order chi connectivity index (χ0) is 36.5. The van der Waals surface area contributed by atoms with Gasteiger partial charge < -0.3 is 24.8 Å². The first-order chi connectivity index (χ1) is 24.3. The van der Waals surface area contributed by atoms with Crippen LogP contribution < -0.4 is 5.73 Å². The van der Waals surface area contributed by atoms with Crippen LogP contribution >= 0.6 is 7.82 Å². The molecule has 0 aliphatic carbocycles. The number of nitrogens with two attached hydrogens (primary N) is 1. The van der Waals surface area contributed by atoms with Crippen LogP contribution in [0.3, 0.4) is 0 Å². The SMILES string of the molecule is CCCC/C=C\CCCCCCCC(=O)OC[C@H](COP(=O)(O)OCCN)OC(=O)CCC/C=C\C/C=C\C/C=C\CC1OC1CCCCC. The summed E-state index contributed by atoms with van der Waals surface area (Å²) >= 11 is 0. The van der Waals surface area contributed by atoms with E-state index >= 15 is 0 Å². The van der Waals surface area contributed by atoms with E-state index in [1.54, 1.807) is 0 Å². The van der Waals surface area contributed by atoms with Gasteiger partial charge in [0.15, 0.2) is 6.10 Å². The highest BCUT2D eigenvalue weighted by Gasteiger charge is 2.36. The van der Waals surface area contributed by atoms with Gasteiger partial charge in [0.05, 0.1) is 25.4 Å². The number of phosphoric ester groups is 1. The van der Waals surface area contributed by atoms with Gasteiger partial charge >= 0.3 is 19.8 Å². The average Bonchev–Trinajstić information content (AvgIpc) is 3.85. The van der Waals surface area contributed by atoms with Crippen molar-refractivity contribution in [3.05, 3.63) is 48.6 Å². The summed E-state index contributed by atoms with van der Waals surface area (Å²) in [6.07, 6.45) is 36.1. The molecule has 1 rings (SSSR count). The molecule has 0 radical (unpaired) electrons. The van der Waals surface area contributed by atoms with Crippen LogP contribution in [0.1, 0.15) is 142 Å². The molecule has 1 saturated heterocycles. The standard InChI is InChI=1S/C39H68NO9P/c1-3-5-7-8-9-10-11-15-18-21-25-29-38(41)45-33-35(34-47-50(43,44)46-32-31-40)48-39(42)30-26-22-19-16-13-12-14-17-20-24-28-37-36(49-37)27-23-6-4-2/h8-9,12,14,16,19-20,24,35-37H,3-7,10-11,13,15,17-18,21-23,25-34,40H2,1-2H3,(H,43,44)/b9-8-,14-12-,19-16-,24-20-/t35-,36?,37?/m1/s1. The van der Waals surface area contributed by atoms with Crippen molar-refractivity contribution in [2.45, 2.75) is 161 Å². The number of allylic oxidation sites excluding steroid dienone is 7. The summed E-state index contributed by atoms with van der Waals surface area (Å²) in [4.78, 5) is 34.7. The van der Waals surface area contributed by atoms with Crippen LogP contribution in [0.2, 0.25) is 0 Å². The topological polar surface area (TPSA) is 147 Å². The Bertz CT molecular complexity index is 1030. The summed E-state index contributed by atoms with van der Waals surface area (Å²) in [6.45, 7) is 3.55. The fourth-order valence-corrected chi connectivity index (χ4v) is 5.88. The van der Waals surface area contributed by atoms with Crippen molar-refractivity contribution < 1.29 is 42.3 Å². The van der Waals surface area contributed by atoms with Crippen molar-refractivity contribution in [1.82, 2.24) is 0 Å². The molecule has 1 fully saturated rings. The second-order valence-electron chi connectivity index (χ2n) is 12.8. The molecule has 1 aliphatic rings. The number of hydrogen-bond donors (Lipinski definition) is 2. The summed E-state index contributed by atoms with van der Waals surface area (Å²) in [5.41, 5.74) is 5.32. The molecular weight excluding hydrogens is 657 g/mol. The van der Waals surface area contributed by atoms with E-state index in [4.69, 9.17) is 29.0 Å². The molecule has 0 saturated carbocycles. The van der Waals surface area contributed by atoms with Gasteiger partial charge in [-0.15, -0.1) is 0 Å². The summed E-state index contributed by atoms with van der Waals surface area (Å²) < 4.78 is 38.3. The minimum atomic E-state index is -4.39. The molecule has 10 nitrogen and oxygen atoms in total. The quantitative estimate of drug-likeness (QED) is 0.0216. The maximum absolute atomic E-state index is 12.5. The summed E-state index contributed by atoms with van der Waals surface area (Å²) in [6, 6.07) is 0. The number of unbranched alkanes of at least 4 members (excludes halogenated alkanes) is 10. The summed E-state index contributed by atoms with van der Waals surface area (Å²) in [7, 11) is -4.39. The van der Waals surface area contributed by atoms with Crippen LogP contribution in [0.15, 0.2) is 48.6 Å². The highest BCUT2D eigenvalue weighted by molar-refractivity contribution is 7.47. The van der Waals surface area contributed by atoms with E-state index in [-0.39, 0.29) is 32.6 Å². The highest BCUT2D eigenvalue weighted by atomic mass is 31.2. The molecule has 0 spiro atoms. The van der Waals surface area contributed by atoms with Crippen molar-refractivity contribution in [3.8, 4) is 0 Å². The zero-order valence-electron chi connectivity index (χ0n) is 31.1. The predicted octanol–water partition coefficient (Wildman–Crippen LogP) is 9.37. The third-order valence-corrected chi connectivity index (χ3v) is 9.10. The molecule has 1 heterocycles. The molecule has 0 bridgehead atoms. The fourth-order valence-electron chi connectivity index (χ4n) is 5.11. The minimum Gasteiger partial charge on any atom is -0.462 e. The molecule has 3 unspecified atom stereocenters. The molecule has 0 aromatic rings. The smallest absolute Gasteiger partial charge is 0.462 e. The van der Waals surface area contributed by atoms with E-state index in [0.29, 0.717) is 31.5 Å². The van der Waals surface area contributed by atoms with Gasteiger partial charge in [0, 0.05) is 19.4 Å². The molecule has 288 valence electrons. The Kier molecular flexibility index (Phi) is 29.1. The molecule has 3 N–H and O–H groups in total. The third kappa shape index (κ3) is 28.6. The molecule has 11 heteroatoms. The molecular formula is C39H68NO9P. The number of carbonyl (C=O) groups is 2. The van der Waals surface area contributed by atoms with Crippen molar-refractivity contribution in [2.75, 3.05) is 26.4 Å². The number of phosphoric acid groups is 1. The second-order valence-corrected chi connectivity index (χ2v) is 14.3. The molecule has 50 heavy (non-hydrogen) atoms. The normalized spacial score (nSPS) is 18.0. The van der Waals surface area contributed by atoms with Gasteiger partial charge in [-0.1, -0.05) is 114 Å². The van der Waals surface area contributed by atoms with Crippen LogP contribution in [-0.2, 0) is 37.4 Å². The molecule has 0 aromatic carbocycles. The maximum Gasteiger partial charge on any atom is 0.472 e. The largest absolute Gasteiger partial charge is 0.472 e. The third-order valence-electron chi connectivity index (χ3n) is 8.11. The van der Waals surface area contributed by atoms with E-state index in [2.05, 4.69) is 56.4 Å². The molecule has 0 amide bonds. The number of epoxide rings is 1. The first-order valence-corrected chi connectivity index (χ1v) is 20.7. The maximum atomic E-state index is 12.5. The van der Waals surface area contributed by atoms with Crippen LogP contribution in [-0.4, -0.2) is 61.5 Å². The Morgan fingerprint density at radius 3 is 2.08 bits per heavy atom. The van der Waals surface area contributed by atoms with E-state index in [9.17, 15) is 19.0 Å². The van der Waals surface area contributed by atoms with Crippen LogP contribution in [0, 0.1) is 0 Å². The van der Waals surface area contributed by atoms with Gasteiger partial charge in [0.25, 0.3) is 0 Å². The van der Waals surface area contributed by atoms with Crippen LogP contribution in [0.5, 0.6) is 0 Å². The van der Waals surface area contributed by atoms with Crippen molar-refractivity contribution in [1.29, 1.82) is 0 Å². The van der Waals surface area contributed by atoms with Crippen molar-refractivity contribution in [2.24, 2.45) is 5.73 Å². The van der Waals surface area contributed by atoms with Crippen LogP contribution in [0.4, 0.5) is 0 Å². The van der Waals surface area contributed by atoms with Gasteiger partial charge in [-0.2, -0.15) is 0 Å². The Balaban J connectivity index is 2.27. The van der Waals surface area contributed by atoms with Gasteiger partial charge in [-0.05, 0) is 64.2 Å². The van der Waals surface area contributed by atoms with Crippen molar-refractivity contribution >= 4 is 19.8 Å². The Hall–Kier alpha value is -2.07. The minimum absolute atomic E-state index is 0.0400. The van der Waals surface area contributed by atoms with Gasteiger partial charge in [0.2, 0.25) is 0 Å². The lowest BCUT2D eigenvalue weighted by molar-refractivity contribution is -0.161. The van der Waals surface area contributed by atoms with E-state index in [1.807, 2.05) is 6.08 Å². The first-order valence-electron chi connectivity index (χ1n) is 19.2. The lowest BCUT2D eigenvalue weighted by Crippen LogP contribution is -2.29. The number of rotatable bonds is 34. The van der Waals surface area contributed by atoms with Crippen molar-refractivity contribution in [3.63, 3.8) is 0 Å². The van der Waals surface area contributed by atoms with Gasteiger partial charge in [-0.25, -0.2) is 4.57 Å². The highest BCUT2D eigenvalue weighted by Crippen LogP contribution is 2.43. The second kappa shape index (κ2) is 31.6. The molecule has 0 aromatic heterocycles. The lowest BCUT2D eigenvalue weighted by Gasteiger charge is -2.19. The fraction of sp³-hybridized carbons (Fsp3) is 0.744. The van der Waals surface area contributed by atoms with Gasteiger partial charge in [0.1, 0.15) is 6.61 Å². The van der Waals surface area contributed by atoms with E-state index in [1.165, 1.54) is 38.5 Å². The van der Waals surface area contributed by atoms with Gasteiger partial charge in [-0.3, -0.25) is 18.6 Å². The first kappa shape index (κ1) is 46.0. The molecule has 4 atom stereocenters. The Morgan fingerprint density at radius 1 is 0.720 bits per heavy atom. The predicted molar refractivity (Wildman–Crippen MR) is 201 cm³/mol. The zero-order valence-corrected chi connectivity index (χ0v) is 32.0. The lowest BCUT2D eigenvalue weighted by atomic mass is 10.1. The number of esters is 2. The number of ether oxygens (including phenoxy) is 3. The summed E-state index contributed by atoms with van der Waals surface area (Å²) in [5, 5.41) is 0.